The number of thiocarbonyl (C=S) groups is 1. The molecule has 162 valence electrons. The Balaban J connectivity index is 1.79. The minimum atomic E-state index is -3.44. The summed E-state index contributed by atoms with van der Waals surface area (Å²) in [6.07, 6.45) is 2.86. The molecular weight excluding hydrogens is 520 g/mol. The number of ether oxygens (including phenoxy) is 1. The first-order valence-electron chi connectivity index (χ1n) is 9.18. The second-order valence-corrected chi connectivity index (χ2v) is 11.5. The first-order chi connectivity index (χ1) is 14.8. The van der Waals surface area contributed by atoms with Gasteiger partial charge in [-0.15, -0.1) is 11.3 Å². The maximum Gasteiger partial charge on any atom is 0.229 e. The molecule has 0 saturated carbocycles. The van der Waals surface area contributed by atoms with Crippen LogP contribution in [-0.2, 0) is 10.0 Å². The van der Waals surface area contributed by atoms with Crippen molar-refractivity contribution in [3.8, 4) is 5.75 Å². The minimum absolute atomic E-state index is 0.142. The summed E-state index contributed by atoms with van der Waals surface area (Å²) < 4.78 is 32.3. The molecule has 0 amide bonds. The lowest BCUT2D eigenvalue weighted by molar-refractivity contribution is 0.417. The topological polar surface area (TPSA) is 83.6 Å². The van der Waals surface area contributed by atoms with Gasteiger partial charge in [-0.25, -0.2) is 8.42 Å². The molecule has 1 aliphatic rings. The first kappa shape index (κ1) is 22.0. The molecule has 3 aromatic rings. The highest BCUT2D eigenvalue weighted by Gasteiger charge is 2.41. The molecule has 0 spiro atoms. The van der Waals surface area contributed by atoms with Crippen LogP contribution in [0.2, 0.25) is 0 Å². The maximum atomic E-state index is 11.7. The van der Waals surface area contributed by atoms with E-state index in [0.29, 0.717) is 16.5 Å². The molecule has 11 heteroatoms. The van der Waals surface area contributed by atoms with Crippen LogP contribution in [0.15, 0.2) is 58.5 Å². The Morgan fingerprint density at radius 2 is 2.06 bits per heavy atom. The minimum Gasteiger partial charge on any atom is -0.494 e. The van der Waals surface area contributed by atoms with Crippen molar-refractivity contribution < 1.29 is 13.2 Å². The molecule has 2 unspecified atom stereocenters. The summed E-state index contributed by atoms with van der Waals surface area (Å²) in [7, 11) is -1.94. The van der Waals surface area contributed by atoms with Crippen LogP contribution in [0.25, 0.3) is 0 Å². The van der Waals surface area contributed by atoms with Crippen molar-refractivity contribution in [2.24, 2.45) is 0 Å². The maximum absolute atomic E-state index is 11.7. The summed E-state index contributed by atoms with van der Waals surface area (Å²) in [5.74, 6) is 0.401. The summed E-state index contributed by atoms with van der Waals surface area (Å²) in [5, 5.41) is 3.95. The van der Waals surface area contributed by atoms with E-state index in [9.17, 15) is 8.42 Å². The van der Waals surface area contributed by atoms with Crippen LogP contribution < -0.4 is 19.7 Å². The number of pyridine rings is 1. The molecule has 0 radical (unpaired) electrons. The van der Waals surface area contributed by atoms with Gasteiger partial charge in [-0.3, -0.25) is 9.71 Å². The fourth-order valence-electron chi connectivity index (χ4n) is 3.52. The largest absolute Gasteiger partial charge is 0.494 e. The van der Waals surface area contributed by atoms with Crippen molar-refractivity contribution in [1.29, 1.82) is 0 Å². The predicted octanol–water partition coefficient (Wildman–Crippen LogP) is 4.46. The van der Waals surface area contributed by atoms with Crippen molar-refractivity contribution >= 4 is 66.0 Å². The van der Waals surface area contributed by atoms with E-state index in [1.807, 2.05) is 35.2 Å². The Morgan fingerprint density at radius 1 is 1.26 bits per heavy atom. The quantitative estimate of drug-likeness (QED) is 0.448. The van der Waals surface area contributed by atoms with Gasteiger partial charge in [0.2, 0.25) is 10.0 Å². The highest BCUT2D eigenvalue weighted by molar-refractivity contribution is 9.11. The van der Waals surface area contributed by atoms with Gasteiger partial charge in [0, 0.05) is 22.8 Å². The number of nitrogens with zero attached hydrogens (tertiary/aromatic N) is 2. The van der Waals surface area contributed by atoms with E-state index in [2.05, 4.69) is 37.0 Å². The number of halogens is 1. The van der Waals surface area contributed by atoms with Crippen molar-refractivity contribution in [1.82, 2.24) is 10.3 Å². The van der Waals surface area contributed by atoms with Crippen LogP contribution in [0.4, 0.5) is 11.4 Å². The Bertz CT molecular complexity index is 1220. The number of sulfonamides is 1. The monoisotopic (exact) mass is 538 g/mol. The third kappa shape index (κ3) is 4.69. The molecular formula is C20H19BrN4O3S3. The molecule has 3 heterocycles. The summed E-state index contributed by atoms with van der Waals surface area (Å²) in [6.45, 7) is 0. The van der Waals surface area contributed by atoms with Crippen LogP contribution in [0.1, 0.15) is 22.7 Å². The van der Waals surface area contributed by atoms with Gasteiger partial charge in [0.1, 0.15) is 5.75 Å². The zero-order chi connectivity index (χ0) is 22.2. The Hall–Kier alpha value is -2.21. The van der Waals surface area contributed by atoms with E-state index in [0.717, 1.165) is 26.3 Å². The number of benzene rings is 1. The van der Waals surface area contributed by atoms with E-state index in [1.165, 1.54) is 7.11 Å². The molecule has 2 N–H and O–H groups in total. The summed E-state index contributed by atoms with van der Waals surface area (Å²) >= 11 is 10.9. The van der Waals surface area contributed by atoms with Gasteiger partial charge in [0.25, 0.3) is 0 Å². The number of anilines is 2. The average molecular weight is 540 g/mol. The number of aromatic nitrogens is 1. The number of hydrogen-bond donors (Lipinski definition) is 2. The van der Waals surface area contributed by atoms with Crippen LogP contribution in [-0.4, -0.2) is 31.9 Å². The third-order valence-corrected chi connectivity index (χ3v) is 7.34. The van der Waals surface area contributed by atoms with Gasteiger partial charge in [-0.05, 0) is 64.5 Å². The zero-order valence-corrected chi connectivity index (χ0v) is 20.6. The van der Waals surface area contributed by atoms with Crippen LogP contribution in [0.3, 0.4) is 0 Å². The Morgan fingerprint density at radius 3 is 2.68 bits per heavy atom. The smallest absolute Gasteiger partial charge is 0.229 e. The number of nitrogens with one attached hydrogen (secondary N) is 2. The fraction of sp³-hybridized carbons (Fsp3) is 0.200. The van der Waals surface area contributed by atoms with Gasteiger partial charge in [-0.1, -0.05) is 6.07 Å². The second kappa shape index (κ2) is 8.73. The van der Waals surface area contributed by atoms with Crippen LogP contribution in [0.5, 0.6) is 5.75 Å². The van der Waals surface area contributed by atoms with Gasteiger partial charge < -0.3 is 15.0 Å². The van der Waals surface area contributed by atoms with Gasteiger partial charge in [-0.2, -0.15) is 0 Å². The lowest BCUT2D eigenvalue weighted by Crippen LogP contribution is -2.29. The lowest BCUT2D eigenvalue weighted by Gasteiger charge is -2.27. The number of hydrogen-bond acceptors (Lipinski definition) is 6. The molecule has 0 aliphatic carbocycles. The lowest BCUT2D eigenvalue weighted by atomic mass is 10.0. The fourth-order valence-corrected chi connectivity index (χ4v) is 5.99. The molecule has 2 aromatic heterocycles. The van der Waals surface area contributed by atoms with Crippen molar-refractivity contribution in [2.75, 3.05) is 23.0 Å². The van der Waals surface area contributed by atoms with E-state index in [4.69, 9.17) is 17.0 Å². The number of thiophene rings is 1. The molecule has 1 saturated heterocycles. The third-order valence-electron chi connectivity index (χ3n) is 4.74. The van der Waals surface area contributed by atoms with Gasteiger partial charge >= 0.3 is 0 Å². The van der Waals surface area contributed by atoms with Crippen molar-refractivity contribution in [3.63, 3.8) is 0 Å². The first-order valence-corrected chi connectivity index (χ1v) is 13.1. The van der Waals surface area contributed by atoms with Crippen LogP contribution >= 0.6 is 39.5 Å². The average Bonchev–Trinajstić information content (AvgIpc) is 3.30. The standard InChI is InChI=1S/C20H19BrN4O3S3/c1-28-15-11-12(6-7-13(15)24-31(2,26)27)25-19(16-8-9-17(21)30-16)18(23-20(25)29)14-5-3-4-10-22-14/h3-11,18-19,24H,1-2H3,(H,23,29). The van der Waals surface area contributed by atoms with E-state index in [-0.39, 0.29) is 12.1 Å². The molecule has 1 fully saturated rings. The molecule has 2 atom stereocenters. The molecule has 1 aromatic carbocycles. The van der Waals surface area contributed by atoms with E-state index in [1.54, 1.807) is 29.7 Å². The molecule has 0 bridgehead atoms. The van der Waals surface area contributed by atoms with Gasteiger partial charge in [0.05, 0.1) is 40.6 Å². The number of methoxy groups -OCH3 is 1. The Kier molecular flexibility index (Phi) is 6.20. The zero-order valence-electron chi connectivity index (χ0n) is 16.6. The predicted molar refractivity (Wildman–Crippen MR) is 131 cm³/mol. The van der Waals surface area contributed by atoms with E-state index >= 15 is 0 Å². The van der Waals surface area contributed by atoms with E-state index < -0.39 is 10.0 Å². The normalized spacial score (nSPS) is 18.7. The van der Waals surface area contributed by atoms with Crippen molar-refractivity contribution in [2.45, 2.75) is 12.1 Å². The summed E-state index contributed by atoms with van der Waals surface area (Å²) in [5.41, 5.74) is 2.02. The van der Waals surface area contributed by atoms with Crippen LogP contribution in [0, 0.1) is 0 Å². The Labute approximate surface area is 198 Å². The summed E-state index contributed by atoms with van der Waals surface area (Å²) in [4.78, 5) is 7.65. The highest BCUT2D eigenvalue weighted by atomic mass is 79.9. The summed E-state index contributed by atoms with van der Waals surface area (Å²) in [6, 6.07) is 14.8. The van der Waals surface area contributed by atoms with Gasteiger partial charge in [0.15, 0.2) is 5.11 Å². The SMILES string of the molecule is COc1cc(N2C(=S)NC(c3ccccn3)C2c2ccc(Br)s2)ccc1NS(C)(=O)=O. The molecule has 7 nitrogen and oxygen atoms in total. The van der Waals surface area contributed by atoms with Crippen molar-refractivity contribution in [3.05, 3.63) is 69.1 Å². The molecule has 4 rings (SSSR count). The highest BCUT2D eigenvalue weighted by Crippen LogP contribution is 2.45. The second-order valence-electron chi connectivity index (χ2n) is 6.90. The molecule has 1 aliphatic heterocycles. The molecule has 31 heavy (non-hydrogen) atoms. The number of rotatable bonds is 6.